The van der Waals surface area contributed by atoms with E-state index in [-0.39, 0.29) is 6.10 Å². The van der Waals surface area contributed by atoms with E-state index in [4.69, 9.17) is 0 Å². The second-order valence-electron chi connectivity index (χ2n) is 4.79. The molecule has 0 radical (unpaired) electrons. The molecule has 74 valence electrons. The number of rotatable bonds is 0. The van der Waals surface area contributed by atoms with Crippen LogP contribution in [0.1, 0.15) is 43.0 Å². The lowest BCUT2D eigenvalue weighted by Gasteiger charge is -2.46. The fraction of sp³-hybridized carbons (Fsp3) is 0.583. The minimum atomic E-state index is -0.271. The van der Waals surface area contributed by atoms with Crippen LogP contribution in [0.2, 0.25) is 0 Å². The normalized spacial score (nSPS) is 28.2. The molecular formula is C12H15NO. The molecule has 1 spiro atoms. The van der Waals surface area contributed by atoms with Gasteiger partial charge >= 0.3 is 0 Å². The molecule has 2 heteroatoms. The SMILES string of the molecule is OC1CC2(CCC2)Cc2ncccc21. The number of fused-ring (bicyclic) bond motifs is 1. The lowest BCUT2D eigenvalue weighted by molar-refractivity contribution is 0.0245. The molecule has 1 fully saturated rings. The summed E-state index contributed by atoms with van der Waals surface area (Å²) in [7, 11) is 0. The molecule has 0 bridgehead atoms. The van der Waals surface area contributed by atoms with Crippen LogP contribution in [0.25, 0.3) is 0 Å². The van der Waals surface area contributed by atoms with Crippen molar-refractivity contribution in [3.63, 3.8) is 0 Å². The quantitative estimate of drug-likeness (QED) is 0.679. The predicted octanol–water partition coefficient (Wildman–Crippen LogP) is 2.23. The molecule has 1 atom stereocenters. The minimum absolute atomic E-state index is 0.271. The lowest BCUT2D eigenvalue weighted by Crippen LogP contribution is -2.37. The number of aliphatic hydroxyl groups is 1. The van der Waals surface area contributed by atoms with Gasteiger partial charge in [-0.3, -0.25) is 4.98 Å². The highest BCUT2D eigenvalue weighted by Gasteiger charge is 2.43. The summed E-state index contributed by atoms with van der Waals surface area (Å²) in [5.41, 5.74) is 2.59. The molecule has 0 saturated heterocycles. The van der Waals surface area contributed by atoms with Crippen LogP contribution in [0.5, 0.6) is 0 Å². The molecule has 0 aromatic carbocycles. The van der Waals surface area contributed by atoms with E-state index in [0.29, 0.717) is 5.41 Å². The van der Waals surface area contributed by atoms with E-state index in [2.05, 4.69) is 4.98 Å². The fourth-order valence-electron chi connectivity index (χ4n) is 2.91. The highest BCUT2D eigenvalue weighted by Crippen LogP contribution is 2.52. The maximum atomic E-state index is 10.0. The third-order valence-corrected chi connectivity index (χ3v) is 3.87. The molecule has 2 aliphatic rings. The number of aromatic nitrogens is 1. The van der Waals surface area contributed by atoms with Crippen molar-refractivity contribution in [1.82, 2.24) is 4.98 Å². The van der Waals surface area contributed by atoms with Crippen LogP contribution in [0.3, 0.4) is 0 Å². The van der Waals surface area contributed by atoms with E-state index >= 15 is 0 Å². The Morgan fingerprint density at radius 3 is 3.00 bits per heavy atom. The Hall–Kier alpha value is -0.890. The largest absolute Gasteiger partial charge is 0.388 e. The van der Waals surface area contributed by atoms with Gasteiger partial charge in [-0.2, -0.15) is 0 Å². The van der Waals surface area contributed by atoms with Crippen LogP contribution in [-0.4, -0.2) is 10.1 Å². The van der Waals surface area contributed by atoms with Gasteiger partial charge in [0, 0.05) is 17.5 Å². The summed E-state index contributed by atoms with van der Waals surface area (Å²) < 4.78 is 0. The van der Waals surface area contributed by atoms with Gasteiger partial charge in [-0.05, 0) is 37.2 Å². The molecule has 1 N–H and O–H groups in total. The van der Waals surface area contributed by atoms with E-state index in [0.717, 1.165) is 24.1 Å². The van der Waals surface area contributed by atoms with Gasteiger partial charge < -0.3 is 5.11 Å². The van der Waals surface area contributed by atoms with Crippen molar-refractivity contribution >= 4 is 0 Å². The monoisotopic (exact) mass is 189 g/mol. The van der Waals surface area contributed by atoms with Gasteiger partial charge in [0.1, 0.15) is 0 Å². The summed E-state index contributed by atoms with van der Waals surface area (Å²) in [6.07, 6.45) is 7.48. The van der Waals surface area contributed by atoms with Gasteiger partial charge in [-0.1, -0.05) is 12.5 Å². The van der Waals surface area contributed by atoms with E-state index in [1.165, 1.54) is 19.3 Å². The number of hydrogen-bond acceptors (Lipinski definition) is 2. The Bertz CT molecular complexity index is 357. The van der Waals surface area contributed by atoms with Crippen LogP contribution in [0.15, 0.2) is 18.3 Å². The number of pyridine rings is 1. The summed E-state index contributed by atoms with van der Waals surface area (Å²) in [6.45, 7) is 0. The molecule has 14 heavy (non-hydrogen) atoms. The molecule has 1 aromatic rings. The van der Waals surface area contributed by atoms with Gasteiger partial charge in [0.2, 0.25) is 0 Å². The van der Waals surface area contributed by atoms with Crippen molar-refractivity contribution in [3.05, 3.63) is 29.6 Å². The molecule has 2 aliphatic carbocycles. The first-order valence-electron chi connectivity index (χ1n) is 5.41. The van der Waals surface area contributed by atoms with Gasteiger partial charge in [0.05, 0.1) is 6.10 Å². The average Bonchev–Trinajstić information content (AvgIpc) is 2.15. The van der Waals surface area contributed by atoms with Crippen molar-refractivity contribution in [2.45, 2.75) is 38.2 Å². The van der Waals surface area contributed by atoms with Crippen molar-refractivity contribution < 1.29 is 5.11 Å². The summed E-state index contributed by atoms with van der Waals surface area (Å²) in [4.78, 5) is 4.39. The van der Waals surface area contributed by atoms with Gasteiger partial charge in [-0.25, -0.2) is 0 Å². The Balaban J connectivity index is 2.00. The van der Waals surface area contributed by atoms with E-state index in [1.807, 2.05) is 18.3 Å². The third kappa shape index (κ3) is 1.10. The summed E-state index contributed by atoms with van der Waals surface area (Å²) >= 11 is 0. The van der Waals surface area contributed by atoms with Gasteiger partial charge in [-0.15, -0.1) is 0 Å². The zero-order valence-corrected chi connectivity index (χ0v) is 8.24. The third-order valence-electron chi connectivity index (χ3n) is 3.87. The second-order valence-corrected chi connectivity index (χ2v) is 4.79. The van der Waals surface area contributed by atoms with E-state index in [9.17, 15) is 5.11 Å². The highest BCUT2D eigenvalue weighted by atomic mass is 16.3. The maximum Gasteiger partial charge on any atom is 0.0813 e. The number of aliphatic hydroxyl groups excluding tert-OH is 1. The van der Waals surface area contributed by atoms with Gasteiger partial charge in [0.25, 0.3) is 0 Å². The Kier molecular flexibility index (Phi) is 1.68. The second kappa shape index (κ2) is 2.80. The van der Waals surface area contributed by atoms with E-state index in [1.54, 1.807) is 0 Å². The molecule has 0 aliphatic heterocycles. The Morgan fingerprint density at radius 2 is 2.29 bits per heavy atom. The smallest absolute Gasteiger partial charge is 0.0813 e. The molecule has 2 nitrogen and oxygen atoms in total. The Labute approximate surface area is 84.0 Å². The summed E-state index contributed by atoms with van der Waals surface area (Å²) in [5, 5.41) is 10.0. The molecular weight excluding hydrogens is 174 g/mol. The predicted molar refractivity (Wildman–Crippen MR) is 53.8 cm³/mol. The molecule has 1 saturated carbocycles. The van der Waals surface area contributed by atoms with Crippen LogP contribution in [0, 0.1) is 5.41 Å². The van der Waals surface area contributed by atoms with Gasteiger partial charge in [0.15, 0.2) is 0 Å². The van der Waals surface area contributed by atoms with Crippen molar-refractivity contribution in [2.24, 2.45) is 5.41 Å². The Morgan fingerprint density at radius 1 is 1.43 bits per heavy atom. The maximum absolute atomic E-state index is 10.0. The van der Waals surface area contributed by atoms with E-state index < -0.39 is 0 Å². The topological polar surface area (TPSA) is 33.1 Å². The van der Waals surface area contributed by atoms with Crippen molar-refractivity contribution in [3.8, 4) is 0 Å². The highest BCUT2D eigenvalue weighted by molar-refractivity contribution is 5.27. The zero-order chi connectivity index (χ0) is 9.60. The van der Waals surface area contributed by atoms with Crippen LogP contribution in [-0.2, 0) is 6.42 Å². The molecule has 0 amide bonds. The van der Waals surface area contributed by atoms with Crippen LogP contribution < -0.4 is 0 Å². The zero-order valence-electron chi connectivity index (χ0n) is 8.24. The average molecular weight is 189 g/mol. The molecule has 1 unspecified atom stereocenters. The fourth-order valence-corrected chi connectivity index (χ4v) is 2.91. The summed E-state index contributed by atoms with van der Waals surface area (Å²) in [5.74, 6) is 0. The first-order chi connectivity index (χ1) is 6.79. The number of hydrogen-bond donors (Lipinski definition) is 1. The van der Waals surface area contributed by atoms with Crippen LogP contribution in [0.4, 0.5) is 0 Å². The standard InChI is InChI=1S/C12H15NO/c14-11-8-12(4-2-5-12)7-10-9(11)3-1-6-13-10/h1,3,6,11,14H,2,4-5,7-8H2. The van der Waals surface area contributed by atoms with Crippen molar-refractivity contribution in [1.29, 1.82) is 0 Å². The molecule has 1 aromatic heterocycles. The number of nitrogens with zero attached hydrogens (tertiary/aromatic N) is 1. The van der Waals surface area contributed by atoms with Crippen LogP contribution >= 0.6 is 0 Å². The van der Waals surface area contributed by atoms with Crippen molar-refractivity contribution in [2.75, 3.05) is 0 Å². The summed E-state index contributed by atoms with van der Waals surface area (Å²) in [6, 6.07) is 3.93. The molecule has 1 heterocycles. The first kappa shape index (κ1) is 8.42. The lowest BCUT2D eigenvalue weighted by atomic mass is 9.60. The minimum Gasteiger partial charge on any atom is -0.388 e. The first-order valence-corrected chi connectivity index (χ1v) is 5.41. The molecule has 3 rings (SSSR count).